The molecule has 0 aliphatic carbocycles. The lowest BCUT2D eigenvalue weighted by molar-refractivity contribution is 0.102. The van der Waals surface area contributed by atoms with Crippen LogP contribution in [0, 0.1) is 10.5 Å². The molecule has 0 bridgehead atoms. The monoisotopic (exact) mass is 449 g/mol. The van der Waals surface area contributed by atoms with Crippen molar-refractivity contribution in [1.29, 1.82) is 0 Å². The van der Waals surface area contributed by atoms with Gasteiger partial charge in [0.15, 0.2) is 0 Å². The molecule has 5 heteroatoms. The fourth-order valence-corrected chi connectivity index (χ4v) is 2.45. The normalized spacial score (nSPS) is 10.3. The molecule has 0 unspecified atom stereocenters. The Hall–Kier alpha value is -0.590. The lowest BCUT2D eigenvalue weighted by Gasteiger charge is -2.07. The van der Waals surface area contributed by atoms with Crippen LogP contribution in [0.3, 0.4) is 0 Å². The van der Waals surface area contributed by atoms with Crippen molar-refractivity contribution in [1.82, 2.24) is 0 Å². The largest absolute Gasteiger partial charge is 0.322 e. The summed E-state index contributed by atoms with van der Waals surface area (Å²) in [6, 6.07) is 10.9. The molecule has 0 saturated carbocycles. The zero-order valence-electron chi connectivity index (χ0n) is 10.0. The predicted octanol–water partition coefficient (Wildman–Crippen LogP) is 5.27. The quantitative estimate of drug-likeness (QED) is 0.621. The Bertz CT molecular complexity index is 645. The lowest BCUT2D eigenvalue weighted by Crippen LogP contribution is -2.12. The SMILES string of the molecule is Cc1ccc(C(=O)Nc2ccc(Br)c(Cl)c2)cc1I. The minimum Gasteiger partial charge on any atom is -0.322 e. The Morgan fingerprint density at radius 1 is 1.26 bits per heavy atom. The lowest BCUT2D eigenvalue weighted by atomic mass is 10.1. The van der Waals surface area contributed by atoms with Crippen LogP contribution in [0.2, 0.25) is 5.02 Å². The summed E-state index contributed by atoms with van der Waals surface area (Å²) in [7, 11) is 0. The minimum atomic E-state index is -0.142. The van der Waals surface area contributed by atoms with Crippen LogP contribution in [0.5, 0.6) is 0 Å². The molecule has 0 atom stereocenters. The fraction of sp³-hybridized carbons (Fsp3) is 0.0714. The first-order valence-corrected chi connectivity index (χ1v) is 7.75. The van der Waals surface area contributed by atoms with Crippen molar-refractivity contribution in [3.05, 3.63) is 60.6 Å². The second kappa shape index (κ2) is 6.24. The van der Waals surface area contributed by atoms with E-state index in [2.05, 4.69) is 43.8 Å². The predicted molar refractivity (Wildman–Crippen MR) is 91.0 cm³/mol. The van der Waals surface area contributed by atoms with E-state index >= 15 is 0 Å². The van der Waals surface area contributed by atoms with Crippen molar-refractivity contribution in [2.24, 2.45) is 0 Å². The zero-order valence-corrected chi connectivity index (χ0v) is 14.5. The number of amides is 1. The van der Waals surface area contributed by atoms with Gasteiger partial charge in [-0.3, -0.25) is 4.79 Å². The summed E-state index contributed by atoms with van der Waals surface area (Å²) in [5.74, 6) is -0.142. The number of benzene rings is 2. The first-order valence-electron chi connectivity index (χ1n) is 5.50. The maximum Gasteiger partial charge on any atom is 0.255 e. The molecular formula is C14H10BrClINO. The first kappa shape index (κ1) is 14.8. The molecule has 2 aromatic rings. The summed E-state index contributed by atoms with van der Waals surface area (Å²) in [5, 5.41) is 3.39. The van der Waals surface area contributed by atoms with E-state index in [1.54, 1.807) is 18.2 Å². The van der Waals surface area contributed by atoms with Crippen LogP contribution in [0.4, 0.5) is 5.69 Å². The average molecular weight is 451 g/mol. The molecule has 2 rings (SSSR count). The highest BCUT2D eigenvalue weighted by molar-refractivity contribution is 14.1. The standard InChI is InChI=1S/C14H10BrClINO/c1-8-2-3-9(6-13(8)17)14(19)18-10-4-5-11(15)12(16)7-10/h2-7H,1H3,(H,18,19). The van der Waals surface area contributed by atoms with Crippen molar-refractivity contribution in [2.75, 3.05) is 5.32 Å². The second-order valence-corrected chi connectivity index (χ2v) is 6.47. The summed E-state index contributed by atoms with van der Waals surface area (Å²) in [5.41, 5.74) is 2.46. The van der Waals surface area contributed by atoms with Gasteiger partial charge < -0.3 is 5.32 Å². The first-order chi connectivity index (χ1) is 8.97. The van der Waals surface area contributed by atoms with Gasteiger partial charge in [-0.05, 0) is 81.3 Å². The molecule has 0 saturated heterocycles. The van der Waals surface area contributed by atoms with E-state index in [1.807, 2.05) is 25.1 Å². The number of anilines is 1. The van der Waals surface area contributed by atoms with Crippen LogP contribution in [-0.4, -0.2) is 5.91 Å². The molecule has 0 aromatic heterocycles. The van der Waals surface area contributed by atoms with Crippen LogP contribution in [0.15, 0.2) is 40.9 Å². The summed E-state index contributed by atoms with van der Waals surface area (Å²) in [4.78, 5) is 12.1. The van der Waals surface area contributed by atoms with Crippen LogP contribution < -0.4 is 5.32 Å². The molecule has 98 valence electrons. The molecule has 1 N–H and O–H groups in total. The molecule has 0 radical (unpaired) electrons. The summed E-state index contributed by atoms with van der Waals surface area (Å²) in [6.07, 6.45) is 0. The highest BCUT2D eigenvalue weighted by atomic mass is 127. The van der Waals surface area contributed by atoms with E-state index in [9.17, 15) is 4.79 Å². The molecule has 0 aliphatic rings. The van der Waals surface area contributed by atoms with Gasteiger partial charge in [-0.1, -0.05) is 17.7 Å². The van der Waals surface area contributed by atoms with Gasteiger partial charge >= 0.3 is 0 Å². The number of carbonyl (C=O) groups excluding carboxylic acids is 1. The Kier molecular flexibility index (Phi) is 4.86. The van der Waals surface area contributed by atoms with E-state index in [-0.39, 0.29) is 5.91 Å². The molecule has 19 heavy (non-hydrogen) atoms. The van der Waals surface area contributed by atoms with E-state index in [1.165, 1.54) is 0 Å². The zero-order chi connectivity index (χ0) is 14.0. The topological polar surface area (TPSA) is 29.1 Å². The second-order valence-electron chi connectivity index (χ2n) is 4.05. The third-order valence-corrected chi connectivity index (χ3v) is 5.01. The van der Waals surface area contributed by atoms with Gasteiger partial charge in [0.05, 0.1) is 5.02 Å². The van der Waals surface area contributed by atoms with E-state index in [4.69, 9.17) is 11.6 Å². The molecule has 0 heterocycles. The third kappa shape index (κ3) is 3.70. The molecule has 2 nitrogen and oxygen atoms in total. The maximum atomic E-state index is 12.1. The molecular weight excluding hydrogens is 440 g/mol. The number of nitrogens with one attached hydrogen (secondary N) is 1. The van der Waals surface area contributed by atoms with Gasteiger partial charge in [0.2, 0.25) is 0 Å². The van der Waals surface area contributed by atoms with Gasteiger partial charge in [0.1, 0.15) is 0 Å². The fourth-order valence-electron chi connectivity index (χ4n) is 1.51. The number of hydrogen-bond acceptors (Lipinski definition) is 1. The van der Waals surface area contributed by atoms with Gasteiger partial charge in [0, 0.05) is 19.3 Å². The molecule has 1 amide bonds. The molecule has 0 fully saturated rings. The number of aryl methyl sites for hydroxylation is 1. The highest BCUT2D eigenvalue weighted by Crippen LogP contribution is 2.26. The number of rotatable bonds is 2. The van der Waals surface area contributed by atoms with Crippen LogP contribution in [0.1, 0.15) is 15.9 Å². The van der Waals surface area contributed by atoms with Crippen LogP contribution in [0.25, 0.3) is 0 Å². The number of hydrogen-bond donors (Lipinski definition) is 1. The summed E-state index contributed by atoms with van der Waals surface area (Å²) in [6.45, 7) is 2.01. The van der Waals surface area contributed by atoms with Crippen LogP contribution in [-0.2, 0) is 0 Å². The average Bonchev–Trinajstić information content (AvgIpc) is 2.37. The van der Waals surface area contributed by atoms with E-state index in [0.29, 0.717) is 16.3 Å². The Balaban J connectivity index is 2.20. The third-order valence-electron chi connectivity index (χ3n) is 2.61. The van der Waals surface area contributed by atoms with Gasteiger partial charge in [-0.2, -0.15) is 0 Å². The van der Waals surface area contributed by atoms with Crippen molar-refractivity contribution >= 4 is 61.7 Å². The van der Waals surface area contributed by atoms with Gasteiger partial charge in [0.25, 0.3) is 5.91 Å². The van der Waals surface area contributed by atoms with Crippen molar-refractivity contribution < 1.29 is 4.79 Å². The van der Waals surface area contributed by atoms with Crippen molar-refractivity contribution in [3.63, 3.8) is 0 Å². The highest BCUT2D eigenvalue weighted by Gasteiger charge is 2.08. The van der Waals surface area contributed by atoms with Gasteiger partial charge in [-0.25, -0.2) is 0 Å². The molecule has 2 aromatic carbocycles. The Labute approximate surface area is 138 Å². The summed E-state index contributed by atoms with van der Waals surface area (Å²) < 4.78 is 1.87. The summed E-state index contributed by atoms with van der Waals surface area (Å²) >= 11 is 11.5. The van der Waals surface area contributed by atoms with Gasteiger partial charge in [-0.15, -0.1) is 0 Å². The molecule has 0 spiro atoms. The van der Waals surface area contributed by atoms with Crippen molar-refractivity contribution in [2.45, 2.75) is 6.92 Å². The minimum absolute atomic E-state index is 0.142. The number of carbonyl (C=O) groups is 1. The number of halogens is 3. The van der Waals surface area contributed by atoms with Crippen LogP contribution >= 0.6 is 50.1 Å². The van der Waals surface area contributed by atoms with E-state index < -0.39 is 0 Å². The maximum absolute atomic E-state index is 12.1. The Morgan fingerprint density at radius 3 is 2.63 bits per heavy atom. The Morgan fingerprint density at radius 2 is 2.00 bits per heavy atom. The molecule has 0 aliphatic heterocycles. The van der Waals surface area contributed by atoms with Crippen molar-refractivity contribution in [3.8, 4) is 0 Å². The van der Waals surface area contributed by atoms with E-state index in [0.717, 1.165) is 13.6 Å². The smallest absolute Gasteiger partial charge is 0.255 e.